The van der Waals surface area contributed by atoms with Gasteiger partial charge in [-0.05, 0) is 25.8 Å². The Morgan fingerprint density at radius 3 is 2.71 bits per heavy atom. The molecule has 1 aliphatic rings. The van der Waals surface area contributed by atoms with Gasteiger partial charge < -0.3 is 15.3 Å². The Kier molecular flexibility index (Phi) is 4.66. The number of anilines is 1. The summed E-state index contributed by atoms with van der Waals surface area (Å²) in [5.74, 6) is 0.904. The molecule has 0 aromatic carbocycles. The van der Waals surface area contributed by atoms with Crippen molar-refractivity contribution in [1.82, 2.24) is 25.3 Å². The molecule has 24 heavy (non-hydrogen) atoms. The van der Waals surface area contributed by atoms with Gasteiger partial charge in [0.2, 0.25) is 5.95 Å². The standard InChI is InChI=1S/C16H20N6O2/c1-12-19-8-13(9-20-12)14(23)21-10-16(24)4-2-7-22(11-16)15-17-5-3-6-18-15/h3,5-6,8-9,24H,2,4,7,10-11H2,1H3,(H,21,23). The molecular formula is C16H20N6O2. The predicted molar refractivity (Wildman–Crippen MR) is 87.5 cm³/mol. The van der Waals surface area contributed by atoms with Crippen molar-refractivity contribution in [3.05, 3.63) is 42.2 Å². The molecule has 2 aromatic heterocycles. The number of hydrogen-bond acceptors (Lipinski definition) is 7. The highest BCUT2D eigenvalue weighted by molar-refractivity contribution is 5.93. The van der Waals surface area contributed by atoms with Crippen LogP contribution < -0.4 is 10.2 Å². The Morgan fingerprint density at radius 2 is 2.00 bits per heavy atom. The van der Waals surface area contributed by atoms with Gasteiger partial charge in [0, 0.05) is 37.9 Å². The van der Waals surface area contributed by atoms with Gasteiger partial charge in [0.15, 0.2) is 0 Å². The van der Waals surface area contributed by atoms with Gasteiger partial charge in [-0.3, -0.25) is 4.79 Å². The number of aromatic nitrogens is 4. The summed E-state index contributed by atoms with van der Waals surface area (Å²) in [6.07, 6.45) is 7.73. The maximum atomic E-state index is 12.2. The molecule has 8 nitrogen and oxygen atoms in total. The second-order valence-corrected chi connectivity index (χ2v) is 6.00. The lowest BCUT2D eigenvalue weighted by molar-refractivity contribution is 0.0252. The number of carbonyl (C=O) groups excluding carboxylic acids is 1. The lowest BCUT2D eigenvalue weighted by Gasteiger charge is -2.39. The molecule has 1 atom stereocenters. The zero-order chi connectivity index (χ0) is 17.0. The van der Waals surface area contributed by atoms with Crippen LogP contribution in [-0.4, -0.2) is 56.2 Å². The quantitative estimate of drug-likeness (QED) is 0.834. The summed E-state index contributed by atoms with van der Waals surface area (Å²) in [7, 11) is 0. The van der Waals surface area contributed by atoms with E-state index >= 15 is 0 Å². The van der Waals surface area contributed by atoms with E-state index in [4.69, 9.17) is 0 Å². The number of nitrogens with zero attached hydrogens (tertiary/aromatic N) is 5. The van der Waals surface area contributed by atoms with Crippen LogP contribution in [0.2, 0.25) is 0 Å². The van der Waals surface area contributed by atoms with Crippen LogP contribution in [0.3, 0.4) is 0 Å². The Labute approximate surface area is 140 Å². The first-order valence-corrected chi connectivity index (χ1v) is 7.87. The monoisotopic (exact) mass is 328 g/mol. The van der Waals surface area contributed by atoms with Crippen molar-refractivity contribution in [2.24, 2.45) is 0 Å². The summed E-state index contributed by atoms with van der Waals surface area (Å²) in [6, 6.07) is 1.75. The van der Waals surface area contributed by atoms with Crippen LogP contribution >= 0.6 is 0 Å². The van der Waals surface area contributed by atoms with Gasteiger partial charge in [-0.1, -0.05) is 0 Å². The number of aryl methyl sites for hydroxylation is 1. The average Bonchev–Trinajstić information content (AvgIpc) is 2.61. The molecule has 3 heterocycles. The Morgan fingerprint density at radius 1 is 1.29 bits per heavy atom. The first kappa shape index (κ1) is 16.3. The average molecular weight is 328 g/mol. The fraction of sp³-hybridized carbons (Fsp3) is 0.438. The molecule has 1 saturated heterocycles. The van der Waals surface area contributed by atoms with E-state index in [1.807, 2.05) is 4.90 Å². The normalized spacial score (nSPS) is 20.7. The molecule has 1 aliphatic heterocycles. The first-order chi connectivity index (χ1) is 11.6. The molecule has 2 N–H and O–H groups in total. The van der Waals surface area contributed by atoms with Gasteiger partial charge in [0.1, 0.15) is 5.82 Å². The zero-order valence-electron chi connectivity index (χ0n) is 13.5. The molecule has 126 valence electrons. The van der Waals surface area contributed by atoms with E-state index in [-0.39, 0.29) is 12.5 Å². The third-order valence-corrected chi connectivity index (χ3v) is 4.01. The van der Waals surface area contributed by atoms with Crippen LogP contribution in [0.4, 0.5) is 5.95 Å². The molecule has 1 fully saturated rings. The number of amides is 1. The van der Waals surface area contributed by atoms with Gasteiger partial charge in [-0.2, -0.15) is 0 Å². The minimum Gasteiger partial charge on any atom is -0.386 e. The zero-order valence-corrected chi connectivity index (χ0v) is 13.5. The van der Waals surface area contributed by atoms with E-state index in [1.54, 1.807) is 25.4 Å². The second kappa shape index (κ2) is 6.88. The van der Waals surface area contributed by atoms with E-state index < -0.39 is 5.60 Å². The van der Waals surface area contributed by atoms with E-state index in [0.29, 0.717) is 30.3 Å². The van der Waals surface area contributed by atoms with Crippen LogP contribution in [-0.2, 0) is 0 Å². The summed E-state index contributed by atoms with van der Waals surface area (Å²) < 4.78 is 0. The van der Waals surface area contributed by atoms with E-state index in [9.17, 15) is 9.90 Å². The smallest absolute Gasteiger partial charge is 0.254 e. The topological polar surface area (TPSA) is 104 Å². The van der Waals surface area contributed by atoms with E-state index in [0.717, 1.165) is 13.0 Å². The number of aliphatic hydroxyl groups is 1. The van der Waals surface area contributed by atoms with Crippen molar-refractivity contribution in [2.75, 3.05) is 24.5 Å². The first-order valence-electron chi connectivity index (χ1n) is 7.87. The highest BCUT2D eigenvalue weighted by Crippen LogP contribution is 2.23. The fourth-order valence-electron chi connectivity index (χ4n) is 2.74. The predicted octanol–water partition coefficient (Wildman–Crippen LogP) is 0.336. The van der Waals surface area contributed by atoms with Crippen LogP contribution in [0, 0.1) is 6.92 Å². The maximum absolute atomic E-state index is 12.2. The molecule has 2 aromatic rings. The van der Waals surface area contributed by atoms with Crippen molar-refractivity contribution in [1.29, 1.82) is 0 Å². The summed E-state index contributed by atoms with van der Waals surface area (Å²) in [6.45, 7) is 3.07. The molecule has 8 heteroatoms. The largest absolute Gasteiger partial charge is 0.386 e. The van der Waals surface area contributed by atoms with Gasteiger partial charge in [0.05, 0.1) is 17.7 Å². The molecule has 0 spiro atoms. The van der Waals surface area contributed by atoms with Crippen molar-refractivity contribution >= 4 is 11.9 Å². The molecule has 1 amide bonds. The van der Waals surface area contributed by atoms with Crippen molar-refractivity contribution in [2.45, 2.75) is 25.4 Å². The van der Waals surface area contributed by atoms with Gasteiger partial charge in [-0.15, -0.1) is 0 Å². The lowest BCUT2D eigenvalue weighted by atomic mass is 9.93. The van der Waals surface area contributed by atoms with Crippen LogP contribution in [0.1, 0.15) is 29.0 Å². The summed E-state index contributed by atoms with van der Waals surface area (Å²) in [4.78, 5) is 30.5. The summed E-state index contributed by atoms with van der Waals surface area (Å²) >= 11 is 0. The highest BCUT2D eigenvalue weighted by Gasteiger charge is 2.34. The minimum absolute atomic E-state index is 0.156. The number of nitrogens with one attached hydrogen (secondary N) is 1. The van der Waals surface area contributed by atoms with Crippen molar-refractivity contribution in [3.63, 3.8) is 0 Å². The minimum atomic E-state index is -1.02. The fourth-order valence-corrected chi connectivity index (χ4v) is 2.74. The molecule has 0 bridgehead atoms. The molecule has 0 saturated carbocycles. The lowest BCUT2D eigenvalue weighted by Crippen LogP contribution is -2.54. The maximum Gasteiger partial charge on any atom is 0.254 e. The van der Waals surface area contributed by atoms with E-state index in [1.165, 1.54) is 12.4 Å². The third kappa shape index (κ3) is 3.83. The number of carbonyl (C=O) groups is 1. The molecule has 0 radical (unpaired) electrons. The van der Waals surface area contributed by atoms with Crippen LogP contribution in [0.5, 0.6) is 0 Å². The van der Waals surface area contributed by atoms with Crippen molar-refractivity contribution in [3.8, 4) is 0 Å². The Balaban J connectivity index is 1.61. The van der Waals surface area contributed by atoms with Crippen LogP contribution in [0.25, 0.3) is 0 Å². The number of β-amino-alcohol motifs (C(OH)–C–C–N with tert-alkyl or cyclic N) is 1. The Bertz CT molecular complexity index is 693. The molecule has 0 aliphatic carbocycles. The van der Waals surface area contributed by atoms with Gasteiger partial charge in [0.25, 0.3) is 5.91 Å². The Hall–Kier alpha value is -2.61. The van der Waals surface area contributed by atoms with E-state index in [2.05, 4.69) is 25.3 Å². The highest BCUT2D eigenvalue weighted by atomic mass is 16.3. The van der Waals surface area contributed by atoms with Crippen molar-refractivity contribution < 1.29 is 9.90 Å². The molecule has 1 unspecified atom stereocenters. The van der Waals surface area contributed by atoms with Crippen LogP contribution in [0.15, 0.2) is 30.9 Å². The summed E-state index contributed by atoms with van der Waals surface area (Å²) in [5, 5.41) is 13.6. The second-order valence-electron chi connectivity index (χ2n) is 6.00. The van der Waals surface area contributed by atoms with Gasteiger partial charge in [-0.25, -0.2) is 19.9 Å². The third-order valence-electron chi connectivity index (χ3n) is 4.01. The number of rotatable bonds is 4. The SMILES string of the molecule is Cc1ncc(C(=O)NCC2(O)CCCN(c3ncccn3)C2)cn1. The summed E-state index contributed by atoms with van der Waals surface area (Å²) in [5.41, 5.74) is -0.637. The number of piperidine rings is 1. The van der Waals surface area contributed by atoms with Gasteiger partial charge >= 0.3 is 0 Å². The molecule has 3 rings (SSSR count). The molecular weight excluding hydrogens is 308 g/mol. The number of hydrogen-bond donors (Lipinski definition) is 2.